The lowest BCUT2D eigenvalue weighted by molar-refractivity contribution is -0.117. The molecule has 2 heterocycles. The van der Waals surface area contributed by atoms with Crippen LogP contribution in [-0.2, 0) is 14.8 Å². The molecule has 1 aromatic heterocycles. The number of rotatable bonds is 7. The van der Waals surface area contributed by atoms with Gasteiger partial charge in [-0.3, -0.25) is 9.78 Å². The minimum Gasteiger partial charge on any atom is -0.326 e. The maximum absolute atomic E-state index is 12.8. The predicted molar refractivity (Wildman–Crippen MR) is 134 cm³/mol. The number of hydrogen-bond acceptors (Lipinski definition) is 5. The Morgan fingerprint density at radius 3 is 2.71 bits per heavy atom. The number of sulfonamides is 1. The number of anilines is 1. The van der Waals surface area contributed by atoms with Gasteiger partial charge in [0.1, 0.15) is 0 Å². The van der Waals surface area contributed by atoms with Gasteiger partial charge in [0.25, 0.3) is 0 Å². The Morgan fingerprint density at radius 1 is 1.12 bits per heavy atom. The van der Waals surface area contributed by atoms with E-state index in [2.05, 4.69) is 20.3 Å². The van der Waals surface area contributed by atoms with E-state index in [1.807, 2.05) is 30.3 Å². The van der Waals surface area contributed by atoms with Crippen LogP contribution < -0.4 is 15.4 Å². The second-order valence-electron chi connectivity index (χ2n) is 9.06. The molecule has 3 aromatic rings. The number of benzene rings is 2. The predicted octanol–water partition coefficient (Wildman–Crippen LogP) is 4.05. The van der Waals surface area contributed by atoms with Gasteiger partial charge in [0.15, 0.2) is 0 Å². The van der Waals surface area contributed by atoms with Crippen LogP contribution in [0.15, 0.2) is 59.8 Å². The van der Waals surface area contributed by atoms with Gasteiger partial charge in [-0.15, -0.1) is 0 Å². The molecule has 34 heavy (non-hydrogen) atoms. The molecule has 1 unspecified atom stereocenters. The highest BCUT2D eigenvalue weighted by molar-refractivity contribution is 7.89. The van der Waals surface area contributed by atoms with E-state index in [4.69, 9.17) is 11.6 Å². The quantitative estimate of drug-likeness (QED) is 0.456. The number of piperidine rings is 1. The van der Waals surface area contributed by atoms with Crippen molar-refractivity contribution in [3.8, 4) is 0 Å². The second-order valence-corrected chi connectivity index (χ2v) is 11.2. The highest BCUT2D eigenvalue weighted by Gasteiger charge is 2.44. The molecule has 5 rings (SSSR count). The van der Waals surface area contributed by atoms with Crippen molar-refractivity contribution in [2.45, 2.75) is 42.5 Å². The van der Waals surface area contributed by atoms with Gasteiger partial charge in [0.05, 0.1) is 9.92 Å². The Hall–Kier alpha value is -2.52. The summed E-state index contributed by atoms with van der Waals surface area (Å²) < 4.78 is 28.0. The smallest absolute Gasteiger partial charge is 0.240 e. The first-order valence-corrected chi connectivity index (χ1v) is 13.4. The zero-order valence-electron chi connectivity index (χ0n) is 18.6. The third kappa shape index (κ3) is 5.10. The molecule has 2 aliphatic rings. The van der Waals surface area contributed by atoms with Crippen molar-refractivity contribution in [1.82, 2.24) is 15.0 Å². The minimum atomic E-state index is -3.56. The fraction of sp³-hybridized carbons (Fsp3) is 0.360. The van der Waals surface area contributed by atoms with E-state index >= 15 is 0 Å². The molecule has 0 radical (unpaired) electrons. The first kappa shape index (κ1) is 23.2. The number of pyridine rings is 1. The molecule has 2 aromatic carbocycles. The number of carbonyl (C=O) groups excluding carboxylic acids is 1. The van der Waals surface area contributed by atoms with Crippen LogP contribution >= 0.6 is 11.6 Å². The molecule has 3 atom stereocenters. The van der Waals surface area contributed by atoms with E-state index < -0.39 is 10.0 Å². The Balaban J connectivity index is 1.19. The standard InChI is InChI=1S/C25H27ClN4O3S/c26-24-15-27-13-17-4-7-18(11-22(17)24)30-25(31)23-12-21(23)16-5-8-20(9-6-16)34(32,33)29-14-19-3-1-2-10-28-19/h4-9,11,13,15,19,21,23,28-29H,1-3,10,12,14H2,(H,30,31)/t19?,21-,23+/m0/s1. The topological polar surface area (TPSA) is 100 Å². The SMILES string of the molecule is O=C(Nc1ccc2cncc(Cl)c2c1)[C@@H]1C[C@H]1c1ccc(S(=O)(=O)NCC2CCCCN2)cc1. The average Bonchev–Trinajstić information content (AvgIpc) is 3.65. The van der Waals surface area contributed by atoms with Crippen LogP contribution in [0.25, 0.3) is 10.8 Å². The van der Waals surface area contributed by atoms with Crippen molar-refractivity contribution >= 4 is 44.0 Å². The molecule has 178 valence electrons. The van der Waals surface area contributed by atoms with Gasteiger partial charge in [0, 0.05) is 47.4 Å². The summed E-state index contributed by atoms with van der Waals surface area (Å²) in [5, 5.41) is 8.61. The number of aromatic nitrogens is 1. The lowest BCUT2D eigenvalue weighted by Gasteiger charge is -2.23. The van der Waals surface area contributed by atoms with E-state index in [0.717, 1.165) is 48.6 Å². The van der Waals surface area contributed by atoms with Gasteiger partial charge in [-0.05, 0) is 61.6 Å². The number of nitrogens with one attached hydrogen (secondary N) is 3. The highest BCUT2D eigenvalue weighted by Crippen LogP contribution is 2.48. The molecular weight excluding hydrogens is 472 g/mol. The van der Waals surface area contributed by atoms with Gasteiger partial charge >= 0.3 is 0 Å². The number of carbonyl (C=O) groups is 1. The molecule has 1 saturated carbocycles. The molecule has 0 spiro atoms. The molecule has 3 N–H and O–H groups in total. The van der Waals surface area contributed by atoms with Crippen LogP contribution in [-0.4, -0.2) is 38.4 Å². The summed E-state index contributed by atoms with van der Waals surface area (Å²) in [6.45, 7) is 1.33. The van der Waals surface area contributed by atoms with Crippen molar-refractivity contribution in [2.24, 2.45) is 5.92 Å². The first-order valence-electron chi connectivity index (χ1n) is 11.6. The summed E-state index contributed by atoms with van der Waals surface area (Å²) in [5.41, 5.74) is 1.66. The summed E-state index contributed by atoms with van der Waals surface area (Å²) in [5.74, 6) is -0.0983. The van der Waals surface area contributed by atoms with Crippen LogP contribution in [0, 0.1) is 5.92 Å². The fourth-order valence-corrected chi connectivity index (χ4v) is 5.88. The maximum atomic E-state index is 12.8. The van der Waals surface area contributed by atoms with Crippen LogP contribution in [0.1, 0.15) is 37.2 Å². The highest BCUT2D eigenvalue weighted by atomic mass is 35.5. The number of halogens is 1. The van der Waals surface area contributed by atoms with E-state index in [9.17, 15) is 13.2 Å². The largest absolute Gasteiger partial charge is 0.326 e. The maximum Gasteiger partial charge on any atom is 0.240 e. The van der Waals surface area contributed by atoms with Gasteiger partial charge < -0.3 is 10.6 Å². The average molecular weight is 499 g/mol. The third-order valence-electron chi connectivity index (χ3n) is 6.66. The monoisotopic (exact) mass is 498 g/mol. The van der Waals surface area contributed by atoms with Gasteiger partial charge in [0.2, 0.25) is 15.9 Å². The molecule has 7 nitrogen and oxygen atoms in total. The Kier molecular flexibility index (Phi) is 6.57. The van der Waals surface area contributed by atoms with Crippen molar-refractivity contribution in [3.63, 3.8) is 0 Å². The van der Waals surface area contributed by atoms with Gasteiger partial charge in [-0.1, -0.05) is 36.2 Å². The van der Waals surface area contributed by atoms with Crippen LogP contribution in [0.5, 0.6) is 0 Å². The molecule has 1 saturated heterocycles. The third-order valence-corrected chi connectivity index (χ3v) is 8.40. The second kappa shape index (κ2) is 9.62. The summed E-state index contributed by atoms with van der Waals surface area (Å²) in [4.78, 5) is 17.1. The first-order chi connectivity index (χ1) is 16.4. The Labute approximate surface area is 204 Å². The molecule has 9 heteroatoms. The van der Waals surface area contributed by atoms with Crippen molar-refractivity contribution < 1.29 is 13.2 Å². The molecular formula is C25H27ClN4O3S. The fourth-order valence-electron chi connectivity index (χ4n) is 4.58. The minimum absolute atomic E-state index is 0.0483. The van der Waals surface area contributed by atoms with Crippen LogP contribution in [0.4, 0.5) is 5.69 Å². The van der Waals surface area contributed by atoms with E-state index in [0.29, 0.717) is 17.3 Å². The molecule has 1 amide bonds. The van der Waals surface area contributed by atoms with Gasteiger partial charge in [-0.25, -0.2) is 13.1 Å². The van der Waals surface area contributed by atoms with Crippen molar-refractivity contribution in [3.05, 3.63) is 65.4 Å². The lowest BCUT2D eigenvalue weighted by Crippen LogP contribution is -2.43. The summed E-state index contributed by atoms with van der Waals surface area (Å²) in [6.07, 6.45) is 7.29. The molecule has 1 aliphatic heterocycles. The van der Waals surface area contributed by atoms with E-state index in [1.165, 1.54) is 0 Å². The Morgan fingerprint density at radius 2 is 1.94 bits per heavy atom. The van der Waals surface area contributed by atoms with Gasteiger partial charge in [-0.2, -0.15) is 0 Å². The molecule has 1 aliphatic carbocycles. The summed E-state index contributed by atoms with van der Waals surface area (Å²) in [6, 6.07) is 12.6. The van der Waals surface area contributed by atoms with E-state index in [-0.39, 0.29) is 28.7 Å². The summed E-state index contributed by atoms with van der Waals surface area (Å²) >= 11 is 6.22. The zero-order valence-corrected chi connectivity index (χ0v) is 20.2. The lowest BCUT2D eigenvalue weighted by atomic mass is 10.1. The van der Waals surface area contributed by atoms with Crippen LogP contribution in [0.3, 0.4) is 0 Å². The van der Waals surface area contributed by atoms with Crippen molar-refractivity contribution in [1.29, 1.82) is 0 Å². The van der Waals surface area contributed by atoms with Crippen LogP contribution in [0.2, 0.25) is 5.02 Å². The summed E-state index contributed by atoms with van der Waals surface area (Å²) in [7, 11) is -3.56. The van der Waals surface area contributed by atoms with E-state index in [1.54, 1.807) is 24.5 Å². The number of fused-ring (bicyclic) bond motifs is 1. The zero-order chi connectivity index (χ0) is 23.7. The molecule has 2 fully saturated rings. The van der Waals surface area contributed by atoms with Crippen molar-refractivity contribution in [2.75, 3.05) is 18.4 Å². The molecule has 0 bridgehead atoms. The number of amides is 1. The number of nitrogens with zero attached hydrogens (tertiary/aromatic N) is 1. The normalized spacial score (nSPS) is 22.4. The number of hydrogen-bond donors (Lipinski definition) is 3. The Bertz CT molecular complexity index is 1310.